The molecule has 0 aromatic carbocycles. The fourth-order valence-electron chi connectivity index (χ4n) is 2.20. The van der Waals surface area contributed by atoms with Crippen LogP contribution in [-0.2, 0) is 19.4 Å². The van der Waals surface area contributed by atoms with E-state index in [2.05, 4.69) is 11.4 Å². The maximum absolute atomic E-state index is 11.8. The molecule has 1 amide bonds. The molecule has 1 aliphatic rings. The lowest BCUT2D eigenvalue weighted by atomic mass is 10.2. The summed E-state index contributed by atoms with van der Waals surface area (Å²) >= 11 is 7.55. The summed E-state index contributed by atoms with van der Waals surface area (Å²) < 4.78 is 4.89. The van der Waals surface area contributed by atoms with Gasteiger partial charge in [0.05, 0.1) is 18.4 Å². The van der Waals surface area contributed by atoms with E-state index in [4.69, 9.17) is 16.0 Å². The first-order chi connectivity index (χ1) is 8.74. The highest BCUT2D eigenvalue weighted by Gasteiger charge is 2.16. The summed E-state index contributed by atoms with van der Waals surface area (Å²) in [6.45, 7) is 0.554. The fourth-order valence-corrected chi connectivity index (χ4v) is 3.60. The van der Waals surface area contributed by atoms with E-state index in [1.165, 1.54) is 40.8 Å². The van der Waals surface area contributed by atoms with E-state index in [1.807, 2.05) is 0 Å². The van der Waals surface area contributed by atoms with Crippen LogP contribution in [0.3, 0.4) is 0 Å². The number of fused-ring (bicyclic) bond motifs is 1. The molecule has 1 aliphatic carbocycles. The van der Waals surface area contributed by atoms with Crippen molar-refractivity contribution in [3.05, 3.63) is 44.5 Å². The second kappa shape index (κ2) is 4.78. The van der Waals surface area contributed by atoms with Crippen molar-refractivity contribution in [2.45, 2.75) is 25.8 Å². The van der Waals surface area contributed by atoms with Crippen molar-refractivity contribution in [2.75, 3.05) is 0 Å². The van der Waals surface area contributed by atoms with Crippen LogP contribution in [0.5, 0.6) is 0 Å². The molecule has 0 saturated carbocycles. The molecule has 0 bridgehead atoms. The van der Waals surface area contributed by atoms with Gasteiger partial charge in [0.1, 0.15) is 0 Å². The van der Waals surface area contributed by atoms with Crippen molar-refractivity contribution in [3.8, 4) is 0 Å². The number of carbonyl (C=O) groups is 1. The molecule has 5 heteroatoms. The van der Waals surface area contributed by atoms with Gasteiger partial charge in [-0.15, -0.1) is 11.3 Å². The maximum atomic E-state index is 11.8. The van der Waals surface area contributed by atoms with Crippen molar-refractivity contribution in [2.24, 2.45) is 0 Å². The van der Waals surface area contributed by atoms with Gasteiger partial charge in [0, 0.05) is 9.75 Å². The zero-order valence-corrected chi connectivity index (χ0v) is 11.2. The Kier molecular flexibility index (Phi) is 3.14. The molecule has 2 aromatic heterocycles. The van der Waals surface area contributed by atoms with Crippen LogP contribution in [0.1, 0.15) is 32.1 Å². The van der Waals surface area contributed by atoms with Gasteiger partial charge in [-0.3, -0.25) is 4.79 Å². The van der Waals surface area contributed by atoms with Crippen molar-refractivity contribution >= 4 is 28.8 Å². The first-order valence-corrected chi connectivity index (χ1v) is 7.05. The summed E-state index contributed by atoms with van der Waals surface area (Å²) in [5, 5.41) is 3.00. The second-order valence-electron chi connectivity index (χ2n) is 4.31. The Morgan fingerprint density at radius 3 is 3.11 bits per heavy atom. The zero-order chi connectivity index (χ0) is 12.5. The molecule has 3 rings (SSSR count). The van der Waals surface area contributed by atoms with Crippen molar-refractivity contribution in [3.63, 3.8) is 0 Å². The van der Waals surface area contributed by atoms with Crippen LogP contribution in [0.4, 0.5) is 0 Å². The van der Waals surface area contributed by atoms with Gasteiger partial charge < -0.3 is 9.73 Å². The number of thiophene rings is 1. The smallest absolute Gasteiger partial charge is 0.256 e. The topological polar surface area (TPSA) is 42.2 Å². The lowest BCUT2D eigenvalue weighted by molar-refractivity contribution is 0.0951. The van der Waals surface area contributed by atoms with Gasteiger partial charge in [0.25, 0.3) is 5.91 Å². The molecule has 2 heterocycles. The summed E-state index contributed by atoms with van der Waals surface area (Å²) in [5.41, 5.74) is 1.84. The van der Waals surface area contributed by atoms with Crippen molar-refractivity contribution < 1.29 is 9.21 Å². The number of halogens is 1. The first-order valence-electron chi connectivity index (χ1n) is 5.85. The molecule has 3 nitrogen and oxygen atoms in total. The normalized spacial score (nSPS) is 13.6. The minimum Gasteiger partial charge on any atom is -0.452 e. The highest BCUT2D eigenvalue weighted by atomic mass is 35.5. The molecule has 0 radical (unpaired) electrons. The number of carbonyl (C=O) groups excluding carboxylic acids is 1. The number of rotatable bonds is 3. The molecule has 2 aromatic rings. The van der Waals surface area contributed by atoms with Gasteiger partial charge >= 0.3 is 0 Å². The fraction of sp³-hybridized carbons (Fsp3) is 0.308. The van der Waals surface area contributed by atoms with Gasteiger partial charge in [-0.1, -0.05) is 0 Å². The Morgan fingerprint density at radius 1 is 1.50 bits per heavy atom. The third kappa shape index (κ3) is 2.18. The highest BCUT2D eigenvalue weighted by molar-refractivity contribution is 7.12. The van der Waals surface area contributed by atoms with Crippen LogP contribution in [0, 0.1) is 0 Å². The van der Waals surface area contributed by atoms with Gasteiger partial charge in [-0.05, 0) is 48.6 Å². The molecule has 0 fully saturated rings. The number of nitrogens with one attached hydrogen (secondary N) is 1. The van der Waals surface area contributed by atoms with Crippen molar-refractivity contribution in [1.82, 2.24) is 5.32 Å². The van der Waals surface area contributed by atoms with E-state index < -0.39 is 0 Å². The number of aryl methyl sites for hydroxylation is 2. The Hall–Kier alpha value is -1.26. The summed E-state index contributed by atoms with van der Waals surface area (Å²) in [6.07, 6.45) is 5.03. The largest absolute Gasteiger partial charge is 0.452 e. The number of amides is 1. The Morgan fingerprint density at radius 2 is 2.39 bits per heavy atom. The third-order valence-corrected chi connectivity index (χ3v) is 4.61. The third-order valence-electron chi connectivity index (χ3n) is 3.08. The number of furan rings is 1. The van der Waals surface area contributed by atoms with Gasteiger partial charge in [0.2, 0.25) is 5.22 Å². The van der Waals surface area contributed by atoms with Crippen LogP contribution in [0.15, 0.2) is 22.8 Å². The summed E-state index contributed by atoms with van der Waals surface area (Å²) in [6, 6.07) is 3.77. The average molecular weight is 282 g/mol. The monoisotopic (exact) mass is 281 g/mol. The molecule has 0 aliphatic heterocycles. The van der Waals surface area contributed by atoms with Gasteiger partial charge in [-0.2, -0.15) is 0 Å². The van der Waals surface area contributed by atoms with Gasteiger partial charge in [-0.25, -0.2) is 0 Å². The molecule has 94 valence electrons. The predicted octanol–water partition coefficient (Wildman–Crippen LogP) is 3.41. The summed E-state index contributed by atoms with van der Waals surface area (Å²) in [7, 11) is 0. The molecule has 0 spiro atoms. The molecule has 1 N–H and O–H groups in total. The maximum Gasteiger partial charge on any atom is 0.256 e. The Bertz CT molecular complexity index is 566. The number of hydrogen-bond acceptors (Lipinski definition) is 3. The molecule has 0 unspecified atom stereocenters. The zero-order valence-electron chi connectivity index (χ0n) is 9.66. The highest BCUT2D eigenvalue weighted by Crippen LogP contribution is 2.30. The van der Waals surface area contributed by atoms with Crippen LogP contribution in [-0.4, -0.2) is 5.91 Å². The Labute approximate surface area is 114 Å². The second-order valence-corrected chi connectivity index (χ2v) is 5.87. The molecule has 18 heavy (non-hydrogen) atoms. The van der Waals surface area contributed by atoms with E-state index in [9.17, 15) is 4.79 Å². The molecular formula is C13H12ClNO2S. The van der Waals surface area contributed by atoms with Crippen LogP contribution in [0.2, 0.25) is 5.22 Å². The summed E-state index contributed by atoms with van der Waals surface area (Å²) in [4.78, 5) is 14.5. The summed E-state index contributed by atoms with van der Waals surface area (Å²) in [5.74, 6) is -0.192. The minimum atomic E-state index is -0.192. The quantitative estimate of drug-likeness (QED) is 0.937. The molecule has 0 atom stereocenters. The SMILES string of the molecule is O=C(NCc1cc2c(s1)CCC2)c1ccoc1Cl. The average Bonchev–Trinajstić information content (AvgIpc) is 3.00. The molecule has 0 saturated heterocycles. The minimum absolute atomic E-state index is 0.140. The van der Waals surface area contributed by atoms with E-state index in [1.54, 1.807) is 17.4 Å². The lowest BCUT2D eigenvalue weighted by Gasteiger charge is -2.01. The van der Waals surface area contributed by atoms with Crippen LogP contribution < -0.4 is 5.32 Å². The van der Waals surface area contributed by atoms with Crippen LogP contribution in [0.25, 0.3) is 0 Å². The van der Waals surface area contributed by atoms with E-state index >= 15 is 0 Å². The standard InChI is InChI=1S/C13H12ClNO2S/c14-12-10(4-5-17-12)13(16)15-7-9-6-8-2-1-3-11(8)18-9/h4-6H,1-3,7H2,(H,15,16). The molecular weight excluding hydrogens is 270 g/mol. The van der Waals surface area contributed by atoms with Crippen LogP contribution >= 0.6 is 22.9 Å². The van der Waals surface area contributed by atoms with Crippen molar-refractivity contribution in [1.29, 1.82) is 0 Å². The predicted molar refractivity (Wildman–Crippen MR) is 71.2 cm³/mol. The number of hydrogen-bond donors (Lipinski definition) is 1. The van der Waals surface area contributed by atoms with E-state index in [-0.39, 0.29) is 11.1 Å². The Balaban J connectivity index is 1.64. The lowest BCUT2D eigenvalue weighted by Crippen LogP contribution is -2.22. The van der Waals surface area contributed by atoms with Gasteiger partial charge in [0.15, 0.2) is 0 Å². The first kappa shape index (κ1) is 11.8. The van der Waals surface area contributed by atoms with E-state index in [0.717, 1.165) is 0 Å². The van der Waals surface area contributed by atoms with E-state index in [0.29, 0.717) is 12.1 Å².